The monoisotopic (exact) mass is 263 g/mol. The van der Waals surface area contributed by atoms with Crippen LogP contribution in [-0.2, 0) is 0 Å². The largest absolute Gasteiger partial charge is 0.398 e. The van der Waals surface area contributed by atoms with E-state index in [0.29, 0.717) is 21.8 Å². The van der Waals surface area contributed by atoms with E-state index in [1.165, 1.54) is 24.3 Å². The highest BCUT2D eigenvalue weighted by atomic mass is 35.5. The molecule has 92 valence electrons. The van der Waals surface area contributed by atoms with Crippen LogP contribution in [0.3, 0.4) is 0 Å². The van der Waals surface area contributed by atoms with Gasteiger partial charge in [0.05, 0.1) is 5.02 Å². The number of benzene rings is 2. The first-order valence-electron chi connectivity index (χ1n) is 5.35. The third-order valence-electron chi connectivity index (χ3n) is 2.71. The van der Waals surface area contributed by atoms with E-state index in [1.807, 2.05) is 0 Å². The SMILES string of the molecule is Cc1cc(C(=O)c2ccc(F)cc2)c(Cl)cc1N. The number of ketones is 1. The van der Waals surface area contributed by atoms with Crippen LogP contribution < -0.4 is 5.73 Å². The quantitative estimate of drug-likeness (QED) is 0.664. The summed E-state index contributed by atoms with van der Waals surface area (Å²) in [6.07, 6.45) is 0. The van der Waals surface area contributed by atoms with Gasteiger partial charge in [0.25, 0.3) is 0 Å². The molecule has 0 amide bonds. The number of halogens is 2. The van der Waals surface area contributed by atoms with Crippen LogP contribution in [0.5, 0.6) is 0 Å². The minimum absolute atomic E-state index is 0.247. The average Bonchev–Trinajstić information content (AvgIpc) is 2.34. The van der Waals surface area contributed by atoms with Gasteiger partial charge in [0.2, 0.25) is 0 Å². The smallest absolute Gasteiger partial charge is 0.194 e. The Bertz CT molecular complexity index is 608. The first kappa shape index (κ1) is 12.6. The van der Waals surface area contributed by atoms with Crippen molar-refractivity contribution in [1.29, 1.82) is 0 Å². The molecule has 2 rings (SSSR count). The maximum absolute atomic E-state index is 12.8. The van der Waals surface area contributed by atoms with Crippen molar-refractivity contribution in [2.75, 3.05) is 5.73 Å². The molecule has 0 atom stereocenters. The fourth-order valence-corrected chi connectivity index (χ4v) is 1.89. The van der Waals surface area contributed by atoms with Crippen molar-refractivity contribution in [3.8, 4) is 0 Å². The molecule has 2 nitrogen and oxygen atoms in total. The first-order chi connectivity index (χ1) is 8.49. The molecule has 0 bridgehead atoms. The summed E-state index contributed by atoms with van der Waals surface area (Å²) in [6, 6.07) is 8.53. The molecule has 2 N–H and O–H groups in total. The Morgan fingerprint density at radius 1 is 1.22 bits per heavy atom. The van der Waals surface area contributed by atoms with Gasteiger partial charge in [-0.3, -0.25) is 4.79 Å². The fraction of sp³-hybridized carbons (Fsp3) is 0.0714. The molecule has 0 fully saturated rings. The zero-order valence-electron chi connectivity index (χ0n) is 9.71. The van der Waals surface area contributed by atoms with Gasteiger partial charge in [-0.25, -0.2) is 4.39 Å². The molecule has 0 saturated carbocycles. The van der Waals surface area contributed by atoms with Crippen molar-refractivity contribution < 1.29 is 9.18 Å². The molecule has 0 aliphatic carbocycles. The molecule has 0 aliphatic heterocycles. The lowest BCUT2D eigenvalue weighted by atomic mass is 10.0. The van der Waals surface area contributed by atoms with Crippen LogP contribution in [0.15, 0.2) is 36.4 Å². The zero-order valence-corrected chi connectivity index (χ0v) is 10.5. The number of nitrogen functional groups attached to an aromatic ring is 1. The van der Waals surface area contributed by atoms with Crippen LogP contribution in [0.25, 0.3) is 0 Å². The first-order valence-corrected chi connectivity index (χ1v) is 5.72. The van der Waals surface area contributed by atoms with E-state index in [9.17, 15) is 9.18 Å². The van der Waals surface area contributed by atoms with Gasteiger partial charge < -0.3 is 5.73 Å². The van der Waals surface area contributed by atoms with Crippen LogP contribution in [0.1, 0.15) is 21.5 Å². The second kappa shape index (κ2) is 4.78. The Labute approximate surface area is 109 Å². The number of rotatable bonds is 2. The molecule has 0 heterocycles. The number of carbonyl (C=O) groups is 1. The summed E-state index contributed by atoms with van der Waals surface area (Å²) < 4.78 is 12.8. The van der Waals surface area contributed by atoms with Gasteiger partial charge in [-0.2, -0.15) is 0 Å². The van der Waals surface area contributed by atoms with Gasteiger partial charge in [-0.05, 0) is 48.9 Å². The minimum Gasteiger partial charge on any atom is -0.398 e. The van der Waals surface area contributed by atoms with Crippen molar-refractivity contribution in [3.05, 3.63) is 63.9 Å². The summed E-state index contributed by atoms with van der Waals surface area (Å²) in [4.78, 5) is 12.2. The highest BCUT2D eigenvalue weighted by Gasteiger charge is 2.14. The van der Waals surface area contributed by atoms with Gasteiger partial charge >= 0.3 is 0 Å². The molecule has 4 heteroatoms. The van der Waals surface area contributed by atoms with E-state index in [-0.39, 0.29) is 11.6 Å². The molecular weight excluding hydrogens is 253 g/mol. The Kier molecular flexibility index (Phi) is 3.34. The maximum atomic E-state index is 12.8. The van der Waals surface area contributed by atoms with E-state index in [1.54, 1.807) is 19.1 Å². The van der Waals surface area contributed by atoms with Crippen LogP contribution in [0.4, 0.5) is 10.1 Å². The van der Waals surface area contributed by atoms with Crippen molar-refractivity contribution in [2.45, 2.75) is 6.92 Å². The number of carbonyl (C=O) groups excluding carboxylic acids is 1. The molecule has 2 aromatic rings. The van der Waals surface area contributed by atoms with Gasteiger partial charge in [0.15, 0.2) is 5.78 Å². The van der Waals surface area contributed by atoms with Crippen molar-refractivity contribution in [1.82, 2.24) is 0 Å². The second-order valence-corrected chi connectivity index (χ2v) is 4.43. The Morgan fingerprint density at radius 2 is 1.83 bits per heavy atom. The number of hydrogen-bond donors (Lipinski definition) is 1. The van der Waals surface area contributed by atoms with Crippen LogP contribution in [0.2, 0.25) is 5.02 Å². The van der Waals surface area contributed by atoms with Crippen LogP contribution in [-0.4, -0.2) is 5.78 Å². The highest BCUT2D eigenvalue weighted by Crippen LogP contribution is 2.25. The standard InChI is InChI=1S/C14H11ClFNO/c1-8-6-11(12(15)7-13(8)17)14(18)9-2-4-10(16)5-3-9/h2-7H,17H2,1H3. The van der Waals surface area contributed by atoms with Crippen LogP contribution in [0, 0.1) is 12.7 Å². The molecule has 0 aliphatic rings. The number of aryl methyl sites for hydroxylation is 1. The fourth-order valence-electron chi connectivity index (χ4n) is 1.63. The predicted molar refractivity (Wildman–Crippen MR) is 70.4 cm³/mol. The van der Waals surface area contributed by atoms with Crippen molar-refractivity contribution in [3.63, 3.8) is 0 Å². The summed E-state index contributed by atoms with van der Waals surface area (Å²) in [5, 5.41) is 0.299. The van der Waals surface area contributed by atoms with E-state index in [4.69, 9.17) is 17.3 Å². The molecule has 0 aromatic heterocycles. The Morgan fingerprint density at radius 3 is 2.44 bits per heavy atom. The summed E-state index contributed by atoms with van der Waals surface area (Å²) in [7, 11) is 0. The second-order valence-electron chi connectivity index (χ2n) is 4.02. The lowest BCUT2D eigenvalue weighted by Crippen LogP contribution is -2.04. The van der Waals surface area contributed by atoms with Gasteiger partial charge in [0.1, 0.15) is 5.82 Å². The molecule has 18 heavy (non-hydrogen) atoms. The highest BCUT2D eigenvalue weighted by molar-refractivity contribution is 6.35. The average molecular weight is 264 g/mol. The predicted octanol–water partition coefficient (Wildman–Crippen LogP) is 3.60. The lowest BCUT2D eigenvalue weighted by Gasteiger charge is -2.07. The Hall–Kier alpha value is -1.87. The minimum atomic E-state index is -0.383. The summed E-state index contributed by atoms with van der Waals surface area (Å²) >= 11 is 6.00. The molecule has 0 unspecified atom stereocenters. The molecule has 0 spiro atoms. The number of hydrogen-bond acceptors (Lipinski definition) is 2. The van der Waals surface area contributed by atoms with Crippen molar-refractivity contribution in [2.24, 2.45) is 0 Å². The van der Waals surface area contributed by atoms with E-state index < -0.39 is 0 Å². The summed E-state index contributed by atoms with van der Waals surface area (Å²) in [5.41, 5.74) is 7.78. The third kappa shape index (κ3) is 2.36. The third-order valence-corrected chi connectivity index (χ3v) is 3.02. The molecule has 0 radical (unpaired) electrons. The molecular formula is C14H11ClFNO. The topological polar surface area (TPSA) is 43.1 Å². The van der Waals surface area contributed by atoms with E-state index in [0.717, 1.165) is 5.56 Å². The van der Waals surface area contributed by atoms with Gasteiger partial charge in [-0.15, -0.1) is 0 Å². The molecule has 0 saturated heterocycles. The summed E-state index contributed by atoms with van der Waals surface area (Å²) in [5.74, 6) is -0.630. The van der Waals surface area contributed by atoms with Gasteiger partial charge in [-0.1, -0.05) is 11.6 Å². The van der Waals surface area contributed by atoms with Crippen LogP contribution >= 0.6 is 11.6 Å². The number of nitrogens with two attached hydrogens (primary N) is 1. The normalized spacial score (nSPS) is 10.4. The lowest BCUT2D eigenvalue weighted by molar-refractivity contribution is 0.103. The van der Waals surface area contributed by atoms with Gasteiger partial charge in [0, 0.05) is 16.8 Å². The Balaban J connectivity index is 2.46. The number of anilines is 1. The maximum Gasteiger partial charge on any atom is 0.194 e. The van der Waals surface area contributed by atoms with Crippen molar-refractivity contribution >= 4 is 23.1 Å². The van der Waals surface area contributed by atoms with E-state index >= 15 is 0 Å². The van der Waals surface area contributed by atoms with E-state index in [2.05, 4.69) is 0 Å². The zero-order chi connectivity index (χ0) is 13.3. The molecule has 2 aromatic carbocycles. The summed E-state index contributed by atoms with van der Waals surface area (Å²) in [6.45, 7) is 1.80.